The molecule has 0 aliphatic rings. The van der Waals surface area contributed by atoms with Gasteiger partial charge >= 0.3 is 5.97 Å². The smallest absolute Gasteiger partial charge is 0.315 e. The molecule has 0 bridgehead atoms. The Morgan fingerprint density at radius 3 is 2.64 bits per heavy atom. The minimum absolute atomic E-state index is 0.162. The van der Waals surface area contributed by atoms with Crippen molar-refractivity contribution in [3.05, 3.63) is 35.2 Å². The predicted octanol–water partition coefficient (Wildman–Crippen LogP) is 4.00. The van der Waals surface area contributed by atoms with Gasteiger partial charge in [0, 0.05) is 10.9 Å². The van der Waals surface area contributed by atoms with Crippen molar-refractivity contribution in [3.63, 3.8) is 0 Å². The van der Waals surface area contributed by atoms with E-state index in [1.165, 1.54) is 28.7 Å². The summed E-state index contributed by atoms with van der Waals surface area (Å²) < 4.78 is 4.86. The summed E-state index contributed by atoms with van der Waals surface area (Å²) in [6.07, 6.45) is 1.00. The van der Waals surface area contributed by atoms with Gasteiger partial charge in [0.15, 0.2) is 5.13 Å². The summed E-state index contributed by atoms with van der Waals surface area (Å²) in [6, 6.07) is 8.25. The Morgan fingerprint density at radius 1 is 1.28 bits per heavy atom. The molecule has 0 spiro atoms. The number of nitrogens with one attached hydrogen (secondary N) is 1. The summed E-state index contributed by atoms with van der Waals surface area (Å²) in [5.74, 6) is -0.314. The van der Waals surface area contributed by atoms with Gasteiger partial charge < -0.3 is 10.1 Å². The first-order chi connectivity index (χ1) is 12.0. The van der Waals surface area contributed by atoms with Crippen molar-refractivity contribution >= 4 is 40.1 Å². The average molecular weight is 379 g/mol. The molecule has 0 saturated heterocycles. The number of carbonyl (C=O) groups is 2. The van der Waals surface area contributed by atoms with Crippen molar-refractivity contribution in [1.29, 1.82) is 0 Å². The van der Waals surface area contributed by atoms with E-state index in [-0.39, 0.29) is 22.9 Å². The van der Waals surface area contributed by atoms with E-state index in [9.17, 15) is 9.59 Å². The van der Waals surface area contributed by atoms with Gasteiger partial charge in [-0.3, -0.25) is 9.59 Å². The molecule has 2 rings (SSSR count). The van der Waals surface area contributed by atoms with Gasteiger partial charge in [-0.1, -0.05) is 31.2 Å². The van der Waals surface area contributed by atoms with Crippen LogP contribution in [0.25, 0.3) is 11.3 Å². The van der Waals surface area contributed by atoms with Crippen LogP contribution >= 0.6 is 23.1 Å². The molecule has 1 heterocycles. The van der Waals surface area contributed by atoms with E-state index in [2.05, 4.69) is 29.4 Å². The van der Waals surface area contributed by atoms with E-state index in [1.807, 2.05) is 17.5 Å². The molecule has 1 aromatic carbocycles. The van der Waals surface area contributed by atoms with E-state index in [0.29, 0.717) is 11.7 Å². The predicted molar refractivity (Wildman–Crippen MR) is 104 cm³/mol. The molecule has 1 amide bonds. The topological polar surface area (TPSA) is 68.3 Å². The zero-order chi connectivity index (χ0) is 18.2. The number of nitrogens with zero attached hydrogens (tertiary/aromatic N) is 1. The lowest BCUT2D eigenvalue weighted by Gasteiger charge is -2.09. The Morgan fingerprint density at radius 2 is 2.00 bits per heavy atom. The van der Waals surface area contributed by atoms with Crippen molar-refractivity contribution < 1.29 is 14.3 Å². The zero-order valence-electron chi connectivity index (χ0n) is 14.6. The van der Waals surface area contributed by atoms with Gasteiger partial charge in [0.2, 0.25) is 5.91 Å². The maximum atomic E-state index is 12.2. The van der Waals surface area contributed by atoms with Crippen molar-refractivity contribution in [2.24, 2.45) is 0 Å². The van der Waals surface area contributed by atoms with Crippen LogP contribution in [0.4, 0.5) is 5.13 Å². The fourth-order valence-corrected chi connectivity index (χ4v) is 3.46. The average Bonchev–Trinajstić information content (AvgIpc) is 3.08. The quantitative estimate of drug-likeness (QED) is 0.703. The number of thiazole rings is 1. The van der Waals surface area contributed by atoms with Crippen LogP contribution in [0.2, 0.25) is 0 Å². The number of ether oxygens (including phenoxy) is 1. The Kier molecular flexibility index (Phi) is 7.46. The summed E-state index contributed by atoms with van der Waals surface area (Å²) in [7, 11) is 0. The monoisotopic (exact) mass is 378 g/mol. The molecule has 1 aromatic heterocycles. The third-order valence-electron chi connectivity index (χ3n) is 3.52. The van der Waals surface area contributed by atoms with Gasteiger partial charge in [0.1, 0.15) is 0 Å². The van der Waals surface area contributed by atoms with Crippen LogP contribution in [0, 0.1) is 0 Å². The van der Waals surface area contributed by atoms with Gasteiger partial charge in [0.05, 0.1) is 23.3 Å². The van der Waals surface area contributed by atoms with E-state index in [0.717, 1.165) is 17.7 Å². The van der Waals surface area contributed by atoms with Gasteiger partial charge in [-0.2, -0.15) is 0 Å². The largest absolute Gasteiger partial charge is 0.465 e. The van der Waals surface area contributed by atoms with Gasteiger partial charge in [-0.15, -0.1) is 23.1 Å². The van der Waals surface area contributed by atoms with Gasteiger partial charge in [0.25, 0.3) is 0 Å². The molecular formula is C18H22N2O3S2. The summed E-state index contributed by atoms with van der Waals surface area (Å²) in [5.41, 5.74) is 3.15. The normalized spacial score (nSPS) is 11.8. The van der Waals surface area contributed by atoms with Crippen LogP contribution in [0.5, 0.6) is 0 Å². The van der Waals surface area contributed by atoms with E-state index in [4.69, 9.17) is 4.74 Å². The molecule has 5 nitrogen and oxygen atoms in total. The first kappa shape index (κ1) is 19.5. The second-order valence-electron chi connectivity index (χ2n) is 5.34. The molecule has 0 aliphatic heterocycles. The zero-order valence-corrected chi connectivity index (χ0v) is 16.2. The highest BCUT2D eigenvalue weighted by Crippen LogP contribution is 2.26. The highest BCUT2D eigenvalue weighted by atomic mass is 32.2. The molecule has 7 heteroatoms. The van der Waals surface area contributed by atoms with E-state index in [1.54, 1.807) is 13.8 Å². The second kappa shape index (κ2) is 9.58. The lowest BCUT2D eigenvalue weighted by Crippen LogP contribution is -2.24. The summed E-state index contributed by atoms with van der Waals surface area (Å²) >= 11 is 2.64. The minimum atomic E-state index is -0.361. The van der Waals surface area contributed by atoms with E-state index < -0.39 is 0 Å². The number of anilines is 1. The third-order valence-corrected chi connectivity index (χ3v) is 5.39. The SMILES string of the molecule is CCOC(=O)CSC(C)C(=O)Nc1nc(-c2ccc(CC)cc2)cs1. The Labute approximate surface area is 156 Å². The number of carbonyl (C=O) groups excluding carboxylic acids is 2. The van der Waals surface area contributed by atoms with Crippen LogP contribution < -0.4 is 5.32 Å². The number of thioether (sulfide) groups is 1. The van der Waals surface area contributed by atoms with Crippen LogP contribution in [0.1, 0.15) is 26.3 Å². The molecule has 25 heavy (non-hydrogen) atoms. The van der Waals surface area contributed by atoms with Gasteiger partial charge in [-0.05, 0) is 25.8 Å². The number of amides is 1. The highest BCUT2D eigenvalue weighted by molar-refractivity contribution is 8.01. The summed E-state index contributed by atoms with van der Waals surface area (Å²) in [5, 5.41) is 4.93. The Hall–Kier alpha value is -1.86. The molecule has 0 radical (unpaired) electrons. The van der Waals surface area contributed by atoms with Crippen molar-refractivity contribution in [2.75, 3.05) is 17.7 Å². The first-order valence-corrected chi connectivity index (χ1v) is 10.1. The van der Waals surface area contributed by atoms with Crippen molar-refractivity contribution in [1.82, 2.24) is 4.98 Å². The first-order valence-electron chi connectivity index (χ1n) is 8.16. The molecule has 0 aliphatic carbocycles. The van der Waals surface area contributed by atoms with Crippen LogP contribution in [0.15, 0.2) is 29.6 Å². The molecular weight excluding hydrogens is 356 g/mol. The number of esters is 1. The lowest BCUT2D eigenvalue weighted by molar-refractivity contribution is -0.139. The number of hydrogen-bond acceptors (Lipinski definition) is 6. The van der Waals surface area contributed by atoms with Crippen LogP contribution in [-0.4, -0.2) is 34.5 Å². The van der Waals surface area contributed by atoms with Crippen molar-refractivity contribution in [2.45, 2.75) is 32.4 Å². The number of hydrogen-bond donors (Lipinski definition) is 1. The minimum Gasteiger partial charge on any atom is -0.465 e. The van der Waals surface area contributed by atoms with E-state index >= 15 is 0 Å². The summed E-state index contributed by atoms with van der Waals surface area (Å²) in [6.45, 7) is 5.99. The fraction of sp³-hybridized carbons (Fsp3) is 0.389. The number of rotatable bonds is 8. The lowest BCUT2D eigenvalue weighted by atomic mass is 10.1. The van der Waals surface area contributed by atoms with Crippen LogP contribution in [-0.2, 0) is 20.7 Å². The molecule has 134 valence electrons. The molecule has 0 saturated carbocycles. The Balaban J connectivity index is 1.91. The van der Waals surface area contributed by atoms with Crippen LogP contribution in [0.3, 0.4) is 0 Å². The number of benzene rings is 1. The molecule has 1 unspecified atom stereocenters. The second-order valence-corrected chi connectivity index (χ2v) is 7.52. The maximum Gasteiger partial charge on any atom is 0.315 e. The number of aryl methyl sites for hydroxylation is 1. The highest BCUT2D eigenvalue weighted by Gasteiger charge is 2.17. The molecule has 1 atom stereocenters. The number of aromatic nitrogens is 1. The van der Waals surface area contributed by atoms with Gasteiger partial charge in [-0.25, -0.2) is 4.98 Å². The van der Waals surface area contributed by atoms with Crippen molar-refractivity contribution in [3.8, 4) is 11.3 Å². The standard InChI is InChI=1S/C18H22N2O3S2/c1-4-13-6-8-14(9-7-13)15-10-25-18(19-15)20-17(22)12(3)24-11-16(21)23-5-2/h6-10,12H,4-5,11H2,1-3H3,(H,19,20,22). The molecule has 0 fully saturated rings. The maximum absolute atomic E-state index is 12.2. The molecule has 2 aromatic rings. The molecule has 1 N–H and O–H groups in total. The third kappa shape index (κ3) is 5.86. The fourth-order valence-electron chi connectivity index (χ4n) is 2.05. The summed E-state index contributed by atoms with van der Waals surface area (Å²) in [4.78, 5) is 28.0. The Bertz CT molecular complexity index is 713.